The minimum Gasteiger partial charge on any atom is -0.308 e. The van der Waals surface area contributed by atoms with Gasteiger partial charge in [-0.15, -0.1) is 0 Å². The fraction of sp³-hybridized carbons (Fsp3) is 0.385. The molecule has 1 aliphatic carbocycles. The van der Waals surface area contributed by atoms with Crippen LogP contribution in [0.15, 0.2) is 24.3 Å². The molecule has 1 unspecified atom stereocenters. The molecule has 4 nitrogen and oxygen atoms in total. The van der Waals surface area contributed by atoms with E-state index in [-0.39, 0.29) is 11.8 Å². The number of fused-ring (bicyclic) bond motifs is 1. The van der Waals surface area contributed by atoms with Crippen LogP contribution < -0.4 is 5.32 Å². The number of nitrogens with one attached hydrogen (secondary N) is 2. The molecule has 1 atom stereocenters. The van der Waals surface area contributed by atoms with E-state index in [1.165, 1.54) is 12.8 Å². The summed E-state index contributed by atoms with van der Waals surface area (Å²) in [7, 11) is 0. The first-order chi connectivity index (χ1) is 8.25. The van der Waals surface area contributed by atoms with Gasteiger partial charge in [0, 0.05) is 11.3 Å². The molecule has 1 heterocycles. The number of benzene rings is 1. The van der Waals surface area contributed by atoms with Crippen molar-refractivity contribution < 1.29 is 4.79 Å². The summed E-state index contributed by atoms with van der Waals surface area (Å²) in [5.74, 6) is 1.37. The maximum Gasteiger partial charge on any atom is 0.228 e. The molecule has 88 valence electrons. The van der Waals surface area contributed by atoms with Crippen molar-refractivity contribution in [1.82, 2.24) is 10.2 Å². The number of amides is 1. The Kier molecular flexibility index (Phi) is 2.35. The van der Waals surface area contributed by atoms with Crippen molar-refractivity contribution in [2.75, 3.05) is 5.32 Å². The number of H-pyrrole nitrogens is 1. The molecule has 0 radical (unpaired) electrons. The van der Waals surface area contributed by atoms with Crippen LogP contribution in [0.2, 0.25) is 0 Å². The van der Waals surface area contributed by atoms with E-state index >= 15 is 0 Å². The number of hydrogen-bond acceptors (Lipinski definition) is 2. The lowest BCUT2D eigenvalue weighted by atomic mass is 10.1. The van der Waals surface area contributed by atoms with Gasteiger partial charge in [-0.2, -0.15) is 5.10 Å². The Hall–Kier alpha value is -1.84. The van der Waals surface area contributed by atoms with Gasteiger partial charge in [-0.3, -0.25) is 9.89 Å². The molecule has 3 rings (SSSR count). The zero-order valence-corrected chi connectivity index (χ0v) is 9.73. The van der Waals surface area contributed by atoms with Gasteiger partial charge in [-0.05, 0) is 30.9 Å². The number of aromatic amines is 1. The van der Waals surface area contributed by atoms with Crippen molar-refractivity contribution in [2.45, 2.75) is 19.8 Å². The second-order valence-electron chi connectivity index (χ2n) is 4.73. The predicted molar refractivity (Wildman–Crippen MR) is 66.6 cm³/mol. The molecular weight excluding hydrogens is 214 g/mol. The Bertz CT molecular complexity index is 557. The van der Waals surface area contributed by atoms with Crippen LogP contribution in [0.25, 0.3) is 10.9 Å². The van der Waals surface area contributed by atoms with Gasteiger partial charge in [0.1, 0.15) is 0 Å². The van der Waals surface area contributed by atoms with E-state index < -0.39 is 0 Å². The summed E-state index contributed by atoms with van der Waals surface area (Å²) in [6.07, 6.45) is 2.35. The maximum absolute atomic E-state index is 12.0. The van der Waals surface area contributed by atoms with Crippen molar-refractivity contribution in [2.24, 2.45) is 11.8 Å². The van der Waals surface area contributed by atoms with Crippen molar-refractivity contribution in [1.29, 1.82) is 0 Å². The molecule has 0 spiro atoms. The van der Waals surface area contributed by atoms with E-state index in [1.54, 1.807) is 0 Å². The summed E-state index contributed by atoms with van der Waals surface area (Å²) in [5, 5.41) is 10.9. The van der Waals surface area contributed by atoms with Crippen LogP contribution in [0.1, 0.15) is 19.8 Å². The van der Waals surface area contributed by atoms with Crippen molar-refractivity contribution in [3.8, 4) is 0 Å². The minimum absolute atomic E-state index is 0.0738. The van der Waals surface area contributed by atoms with Crippen LogP contribution in [-0.4, -0.2) is 16.1 Å². The highest BCUT2D eigenvalue weighted by atomic mass is 16.2. The molecule has 1 aliphatic rings. The molecule has 1 fully saturated rings. The first-order valence-electron chi connectivity index (χ1n) is 5.99. The summed E-state index contributed by atoms with van der Waals surface area (Å²) < 4.78 is 0. The standard InChI is InChI=1S/C13H15N3O/c1-8(9-6-7-9)13(17)14-12-10-4-2-3-5-11(10)15-16-12/h2-5,8-9H,6-7H2,1H3,(H2,14,15,16,17). The molecule has 1 amide bonds. The average Bonchev–Trinajstić information content (AvgIpc) is 3.12. The van der Waals surface area contributed by atoms with E-state index in [4.69, 9.17) is 0 Å². The van der Waals surface area contributed by atoms with Crippen LogP contribution >= 0.6 is 0 Å². The van der Waals surface area contributed by atoms with Gasteiger partial charge < -0.3 is 5.32 Å². The molecule has 0 saturated heterocycles. The van der Waals surface area contributed by atoms with Crippen LogP contribution in [0.3, 0.4) is 0 Å². The summed E-state index contributed by atoms with van der Waals surface area (Å²) in [5.41, 5.74) is 0.946. The van der Waals surface area contributed by atoms with E-state index in [1.807, 2.05) is 31.2 Å². The molecule has 1 saturated carbocycles. The highest BCUT2D eigenvalue weighted by Gasteiger charge is 2.32. The van der Waals surface area contributed by atoms with Gasteiger partial charge in [-0.1, -0.05) is 19.1 Å². The zero-order valence-electron chi connectivity index (χ0n) is 9.73. The number of carbonyl (C=O) groups is 1. The fourth-order valence-electron chi connectivity index (χ4n) is 2.10. The number of carbonyl (C=O) groups excluding carboxylic acids is 1. The third-order valence-corrected chi connectivity index (χ3v) is 3.45. The maximum atomic E-state index is 12.0. The monoisotopic (exact) mass is 229 g/mol. The largest absolute Gasteiger partial charge is 0.308 e. The van der Waals surface area contributed by atoms with Gasteiger partial charge in [0.2, 0.25) is 5.91 Å². The fourth-order valence-corrected chi connectivity index (χ4v) is 2.10. The second kappa shape index (κ2) is 3.87. The van der Waals surface area contributed by atoms with Crippen LogP contribution in [0, 0.1) is 11.8 Å². The van der Waals surface area contributed by atoms with Crippen molar-refractivity contribution in [3.05, 3.63) is 24.3 Å². The second-order valence-corrected chi connectivity index (χ2v) is 4.73. The number of anilines is 1. The molecule has 2 N–H and O–H groups in total. The zero-order chi connectivity index (χ0) is 11.8. The van der Waals surface area contributed by atoms with E-state index in [9.17, 15) is 4.79 Å². The van der Waals surface area contributed by atoms with Gasteiger partial charge in [0.25, 0.3) is 0 Å². The lowest BCUT2D eigenvalue weighted by Crippen LogP contribution is -2.22. The van der Waals surface area contributed by atoms with Gasteiger partial charge in [0.15, 0.2) is 5.82 Å². The van der Waals surface area contributed by atoms with Crippen LogP contribution in [0.5, 0.6) is 0 Å². The Balaban J connectivity index is 1.82. The summed E-state index contributed by atoms with van der Waals surface area (Å²) in [4.78, 5) is 12.0. The first kappa shape index (κ1) is 10.3. The molecule has 1 aromatic carbocycles. The summed E-state index contributed by atoms with van der Waals surface area (Å²) in [6.45, 7) is 1.99. The summed E-state index contributed by atoms with van der Waals surface area (Å²) >= 11 is 0. The number of aromatic nitrogens is 2. The van der Waals surface area contributed by atoms with Crippen LogP contribution in [-0.2, 0) is 4.79 Å². The molecule has 1 aromatic heterocycles. The smallest absolute Gasteiger partial charge is 0.228 e. The van der Waals surface area contributed by atoms with Gasteiger partial charge >= 0.3 is 0 Å². The Morgan fingerprint density at radius 3 is 3.00 bits per heavy atom. The number of nitrogens with zero attached hydrogens (tertiary/aromatic N) is 1. The number of rotatable bonds is 3. The lowest BCUT2D eigenvalue weighted by Gasteiger charge is -2.09. The molecular formula is C13H15N3O. The van der Waals surface area contributed by atoms with Gasteiger partial charge in [-0.25, -0.2) is 0 Å². The Morgan fingerprint density at radius 1 is 1.47 bits per heavy atom. The highest BCUT2D eigenvalue weighted by Crippen LogP contribution is 2.37. The normalized spacial score (nSPS) is 17.0. The molecule has 2 aromatic rings. The summed E-state index contributed by atoms with van der Waals surface area (Å²) in [6, 6.07) is 7.79. The third-order valence-electron chi connectivity index (χ3n) is 3.45. The SMILES string of the molecule is CC(C(=O)Nc1n[nH]c2ccccc12)C1CC1. The Labute approximate surface area is 99.4 Å². The van der Waals surface area contributed by atoms with E-state index in [0.29, 0.717) is 11.7 Å². The molecule has 0 aliphatic heterocycles. The van der Waals surface area contributed by atoms with Gasteiger partial charge in [0.05, 0.1) is 5.52 Å². The molecule has 17 heavy (non-hydrogen) atoms. The average molecular weight is 229 g/mol. The van der Waals surface area contributed by atoms with E-state index in [2.05, 4.69) is 15.5 Å². The lowest BCUT2D eigenvalue weighted by molar-refractivity contribution is -0.119. The topological polar surface area (TPSA) is 57.8 Å². The Morgan fingerprint density at radius 2 is 2.24 bits per heavy atom. The number of para-hydroxylation sites is 1. The van der Waals surface area contributed by atoms with E-state index in [0.717, 1.165) is 10.9 Å². The van der Waals surface area contributed by atoms with Crippen molar-refractivity contribution >= 4 is 22.6 Å². The highest BCUT2D eigenvalue weighted by molar-refractivity contribution is 6.00. The van der Waals surface area contributed by atoms with Crippen molar-refractivity contribution in [3.63, 3.8) is 0 Å². The van der Waals surface area contributed by atoms with Crippen LogP contribution in [0.4, 0.5) is 5.82 Å². The number of hydrogen-bond donors (Lipinski definition) is 2. The molecule has 0 bridgehead atoms. The predicted octanol–water partition coefficient (Wildman–Crippen LogP) is 2.55. The quantitative estimate of drug-likeness (QED) is 0.849. The first-order valence-corrected chi connectivity index (χ1v) is 5.99. The molecule has 4 heteroatoms. The third kappa shape index (κ3) is 1.90. The minimum atomic E-state index is 0.0738.